The third kappa shape index (κ3) is 33.0. The van der Waals surface area contributed by atoms with Crippen LogP contribution in [0.2, 0.25) is 0 Å². The summed E-state index contributed by atoms with van der Waals surface area (Å²) in [5.74, 6) is -2.28. The highest BCUT2D eigenvalue weighted by Gasteiger charge is 2.19. The van der Waals surface area contributed by atoms with Crippen LogP contribution in [0.3, 0.4) is 0 Å². The number of unbranched alkanes of at least 4 members (excludes halogenated alkanes) is 24. The van der Waals surface area contributed by atoms with Gasteiger partial charge < -0.3 is 25.6 Å². The smallest absolute Gasteiger partial charge is 0.328 e. The number of nitrogens with one attached hydrogen (secondary N) is 2. The molecule has 0 aliphatic carbocycles. The standard InChI is InChI=1S/C41H78N2O7/c1-3-5-7-9-11-13-14-15-16-18-20-25-29-33-40(47)50-36(30-26-22-19-17-12-10-8-6-4-2)31-27-23-21-24-28-32-38(45)42-34-39(46)43-37(35-44)41(48)49/h36-37,44H,3-35H2,1-2H3,(H,42,45)(H,43,46)(H,48,49). The summed E-state index contributed by atoms with van der Waals surface area (Å²) in [5.41, 5.74) is 0. The van der Waals surface area contributed by atoms with E-state index in [1.807, 2.05) is 0 Å². The fraction of sp³-hybridized carbons (Fsp3) is 0.902. The van der Waals surface area contributed by atoms with Gasteiger partial charge in [-0.05, 0) is 38.5 Å². The van der Waals surface area contributed by atoms with Crippen molar-refractivity contribution in [3.05, 3.63) is 0 Å². The molecule has 0 rings (SSSR count). The monoisotopic (exact) mass is 711 g/mol. The highest BCUT2D eigenvalue weighted by atomic mass is 16.5. The fourth-order valence-corrected chi connectivity index (χ4v) is 6.36. The molecule has 0 aromatic heterocycles. The first kappa shape index (κ1) is 47.8. The van der Waals surface area contributed by atoms with Crippen LogP contribution in [0.25, 0.3) is 0 Å². The summed E-state index contributed by atoms with van der Waals surface area (Å²) < 4.78 is 6.01. The van der Waals surface area contributed by atoms with Crippen LogP contribution in [0.1, 0.15) is 213 Å². The number of hydrogen-bond acceptors (Lipinski definition) is 6. The molecule has 2 amide bonds. The van der Waals surface area contributed by atoms with E-state index in [0.717, 1.165) is 57.8 Å². The largest absolute Gasteiger partial charge is 0.480 e. The Hall–Kier alpha value is -2.16. The van der Waals surface area contributed by atoms with E-state index in [1.165, 1.54) is 122 Å². The van der Waals surface area contributed by atoms with E-state index < -0.39 is 24.5 Å². The van der Waals surface area contributed by atoms with Gasteiger partial charge in [-0.2, -0.15) is 0 Å². The number of aliphatic hydroxyl groups excluding tert-OH is 1. The average Bonchev–Trinajstić information content (AvgIpc) is 3.10. The van der Waals surface area contributed by atoms with E-state index in [1.54, 1.807) is 0 Å². The molecule has 0 bridgehead atoms. The van der Waals surface area contributed by atoms with Gasteiger partial charge in [-0.15, -0.1) is 0 Å². The third-order valence-corrected chi connectivity index (χ3v) is 9.60. The molecule has 0 heterocycles. The highest BCUT2D eigenvalue weighted by Crippen LogP contribution is 2.19. The van der Waals surface area contributed by atoms with Crippen LogP contribution in [0, 0.1) is 0 Å². The number of carbonyl (C=O) groups excluding carboxylic acids is 3. The zero-order chi connectivity index (χ0) is 36.9. The number of carboxylic acid groups (broad SMARTS) is 1. The number of hydrogen-bond donors (Lipinski definition) is 4. The minimum absolute atomic E-state index is 0.00231. The Morgan fingerprint density at radius 1 is 0.520 bits per heavy atom. The molecule has 0 saturated carbocycles. The van der Waals surface area contributed by atoms with Crippen LogP contribution in [-0.4, -0.2) is 59.3 Å². The maximum absolute atomic E-state index is 12.7. The lowest BCUT2D eigenvalue weighted by atomic mass is 10.0. The van der Waals surface area contributed by atoms with E-state index in [-0.39, 0.29) is 24.5 Å². The summed E-state index contributed by atoms with van der Waals surface area (Å²) >= 11 is 0. The van der Waals surface area contributed by atoms with E-state index in [4.69, 9.17) is 14.9 Å². The molecule has 0 aromatic carbocycles. The molecular formula is C41H78N2O7. The molecule has 0 radical (unpaired) electrons. The van der Waals surface area contributed by atoms with Crippen LogP contribution >= 0.6 is 0 Å². The number of amides is 2. The number of carbonyl (C=O) groups is 4. The van der Waals surface area contributed by atoms with Gasteiger partial charge in [0.2, 0.25) is 11.8 Å². The molecule has 294 valence electrons. The van der Waals surface area contributed by atoms with Crippen molar-refractivity contribution in [3.63, 3.8) is 0 Å². The number of aliphatic hydroxyl groups is 1. The minimum Gasteiger partial charge on any atom is -0.480 e. The molecule has 0 saturated heterocycles. The zero-order valence-corrected chi connectivity index (χ0v) is 32.4. The van der Waals surface area contributed by atoms with Crippen molar-refractivity contribution in [2.75, 3.05) is 13.2 Å². The van der Waals surface area contributed by atoms with Gasteiger partial charge in [0.1, 0.15) is 12.1 Å². The number of esters is 1. The Balaban J connectivity index is 4.22. The molecule has 0 aliphatic heterocycles. The van der Waals surface area contributed by atoms with Crippen LogP contribution in [0.4, 0.5) is 0 Å². The third-order valence-electron chi connectivity index (χ3n) is 9.60. The van der Waals surface area contributed by atoms with Gasteiger partial charge in [0.25, 0.3) is 0 Å². The van der Waals surface area contributed by atoms with Crippen molar-refractivity contribution in [1.82, 2.24) is 10.6 Å². The molecule has 0 aromatic rings. The minimum atomic E-state index is -1.38. The molecule has 0 fully saturated rings. The quantitative estimate of drug-likeness (QED) is 0.0369. The molecule has 2 atom stereocenters. The second kappa shape index (κ2) is 36.6. The van der Waals surface area contributed by atoms with Crippen molar-refractivity contribution in [2.24, 2.45) is 0 Å². The summed E-state index contributed by atoms with van der Waals surface area (Å²) in [5, 5.41) is 22.5. The molecular weight excluding hydrogens is 632 g/mol. The Bertz CT molecular complexity index is 823. The van der Waals surface area contributed by atoms with Gasteiger partial charge in [-0.3, -0.25) is 14.4 Å². The van der Waals surface area contributed by atoms with Gasteiger partial charge >= 0.3 is 11.9 Å². The first-order valence-electron chi connectivity index (χ1n) is 20.9. The van der Waals surface area contributed by atoms with Gasteiger partial charge in [0, 0.05) is 12.8 Å². The van der Waals surface area contributed by atoms with E-state index in [0.29, 0.717) is 19.3 Å². The molecule has 9 heteroatoms. The predicted octanol–water partition coefficient (Wildman–Crippen LogP) is 9.71. The van der Waals surface area contributed by atoms with Crippen LogP contribution < -0.4 is 10.6 Å². The fourth-order valence-electron chi connectivity index (χ4n) is 6.36. The van der Waals surface area contributed by atoms with Gasteiger partial charge in [0.05, 0.1) is 13.2 Å². The number of carboxylic acids is 1. The van der Waals surface area contributed by atoms with E-state index in [2.05, 4.69) is 24.5 Å². The second-order valence-corrected chi connectivity index (χ2v) is 14.4. The Morgan fingerprint density at radius 2 is 0.900 bits per heavy atom. The van der Waals surface area contributed by atoms with Crippen molar-refractivity contribution in [2.45, 2.75) is 225 Å². The van der Waals surface area contributed by atoms with E-state index in [9.17, 15) is 19.2 Å². The summed E-state index contributed by atoms with van der Waals surface area (Å²) in [4.78, 5) is 47.4. The van der Waals surface area contributed by atoms with Crippen LogP contribution in [-0.2, 0) is 23.9 Å². The first-order chi connectivity index (χ1) is 24.3. The first-order valence-corrected chi connectivity index (χ1v) is 20.9. The Morgan fingerprint density at radius 3 is 1.30 bits per heavy atom. The number of aliphatic carboxylic acids is 1. The van der Waals surface area contributed by atoms with Crippen molar-refractivity contribution in [3.8, 4) is 0 Å². The van der Waals surface area contributed by atoms with Crippen molar-refractivity contribution >= 4 is 23.8 Å². The molecule has 9 nitrogen and oxygen atoms in total. The maximum Gasteiger partial charge on any atom is 0.328 e. The SMILES string of the molecule is CCCCCCCCCCCCCCCC(=O)OC(CCCCCCCCCCC)CCCCCCCC(=O)NCC(=O)NC(CO)C(=O)O. The van der Waals surface area contributed by atoms with Gasteiger partial charge in [-0.1, -0.05) is 162 Å². The maximum atomic E-state index is 12.7. The molecule has 4 N–H and O–H groups in total. The van der Waals surface area contributed by atoms with Crippen molar-refractivity contribution < 1.29 is 34.1 Å². The highest BCUT2D eigenvalue weighted by molar-refractivity contribution is 5.87. The summed E-state index contributed by atoms with van der Waals surface area (Å²) in [6.07, 6.45) is 35.5. The zero-order valence-electron chi connectivity index (χ0n) is 32.4. The van der Waals surface area contributed by atoms with Crippen LogP contribution in [0.5, 0.6) is 0 Å². The Labute approximate surface area is 306 Å². The Kier molecular flexibility index (Phi) is 35.0. The second-order valence-electron chi connectivity index (χ2n) is 14.4. The molecule has 50 heavy (non-hydrogen) atoms. The van der Waals surface area contributed by atoms with Crippen LogP contribution in [0.15, 0.2) is 0 Å². The van der Waals surface area contributed by atoms with Gasteiger partial charge in [-0.25, -0.2) is 4.79 Å². The summed E-state index contributed by atoms with van der Waals surface area (Å²) in [7, 11) is 0. The molecule has 0 aliphatic rings. The lowest BCUT2D eigenvalue weighted by Gasteiger charge is -2.18. The average molecular weight is 711 g/mol. The summed E-state index contributed by atoms with van der Waals surface area (Å²) in [6.45, 7) is 3.49. The molecule has 2 unspecified atom stereocenters. The molecule has 0 spiro atoms. The summed E-state index contributed by atoms with van der Waals surface area (Å²) in [6, 6.07) is -1.38. The lowest BCUT2D eigenvalue weighted by Crippen LogP contribution is -2.47. The van der Waals surface area contributed by atoms with Gasteiger partial charge in [0.15, 0.2) is 0 Å². The van der Waals surface area contributed by atoms with E-state index >= 15 is 0 Å². The topological polar surface area (TPSA) is 142 Å². The number of ether oxygens (including phenoxy) is 1. The normalized spacial score (nSPS) is 12.4. The van der Waals surface area contributed by atoms with Crippen molar-refractivity contribution in [1.29, 1.82) is 0 Å². The lowest BCUT2D eigenvalue weighted by molar-refractivity contribution is -0.150. The number of rotatable bonds is 38. The predicted molar refractivity (Wildman–Crippen MR) is 204 cm³/mol.